The third-order valence-corrected chi connectivity index (χ3v) is 1.61. The normalized spacial score (nSPS) is 11.0. The van der Waals surface area contributed by atoms with Gasteiger partial charge in [-0.1, -0.05) is 0 Å². The molecule has 0 aromatic heterocycles. The number of carboxylic acid groups (broad SMARTS) is 1. The van der Waals surface area contributed by atoms with Crippen LogP contribution in [0.5, 0.6) is 5.75 Å². The molecule has 0 heterocycles. The number of nitro groups is 1. The quantitative estimate of drug-likeness (QED) is 0.650. The third kappa shape index (κ3) is 2.83. The Morgan fingerprint density at radius 2 is 2.06 bits per heavy atom. The summed E-state index contributed by atoms with van der Waals surface area (Å²) in [6.45, 7) is 0. The first-order valence-electron chi connectivity index (χ1n) is 3.98. The van der Waals surface area contributed by atoms with Crippen LogP contribution in [0.2, 0.25) is 0 Å². The molecule has 1 aromatic rings. The van der Waals surface area contributed by atoms with Gasteiger partial charge in [-0.05, 0) is 6.07 Å². The van der Waals surface area contributed by atoms with Crippen LogP contribution in [0.1, 0.15) is 0 Å². The molecule has 1 N–H and O–H groups in total. The summed E-state index contributed by atoms with van der Waals surface area (Å²) >= 11 is 0. The first-order chi connectivity index (χ1) is 7.74. The Balaban J connectivity index is 3.02. The maximum atomic E-state index is 13.0. The van der Waals surface area contributed by atoms with Crippen LogP contribution in [-0.4, -0.2) is 22.1 Å². The Morgan fingerprint density at radius 1 is 1.47 bits per heavy atom. The van der Waals surface area contributed by atoms with Crippen molar-refractivity contribution < 1.29 is 32.7 Å². The predicted octanol–water partition coefficient (Wildman–Crippen LogP) is 1.79. The fourth-order valence-corrected chi connectivity index (χ4v) is 0.868. The van der Waals surface area contributed by atoms with Crippen molar-refractivity contribution in [3.05, 3.63) is 34.1 Å². The number of rotatable bonds is 4. The van der Waals surface area contributed by atoms with Gasteiger partial charge < -0.3 is 9.84 Å². The van der Waals surface area contributed by atoms with Gasteiger partial charge in [-0.3, -0.25) is 10.1 Å². The zero-order valence-electron chi connectivity index (χ0n) is 7.89. The minimum absolute atomic E-state index is 0.341. The molecule has 6 nitrogen and oxygen atoms in total. The molecule has 0 radical (unpaired) electrons. The van der Waals surface area contributed by atoms with Crippen LogP contribution in [0.25, 0.3) is 0 Å². The largest absolute Gasteiger partial charge is 0.502 e. The first kappa shape index (κ1) is 12.7. The van der Waals surface area contributed by atoms with E-state index in [4.69, 9.17) is 5.11 Å². The number of halogens is 3. The number of benzene rings is 1. The van der Waals surface area contributed by atoms with Crippen molar-refractivity contribution in [2.75, 3.05) is 0 Å². The zero-order valence-corrected chi connectivity index (χ0v) is 7.89. The number of alkyl halides is 2. The molecule has 0 aliphatic rings. The smallest absolute Gasteiger partial charge is 0.474 e. The molecule has 1 rings (SSSR count). The van der Waals surface area contributed by atoms with Crippen molar-refractivity contribution in [1.82, 2.24) is 0 Å². The minimum Gasteiger partial charge on any atom is -0.474 e. The molecule has 0 saturated carbocycles. The van der Waals surface area contributed by atoms with Gasteiger partial charge in [0.25, 0.3) is 5.69 Å². The van der Waals surface area contributed by atoms with Crippen molar-refractivity contribution in [3.63, 3.8) is 0 Å². The van der Waals surface area contributed by atoms with E-state index in [2.05, 4.69) is 4.74 Å². The number of hydrogen-bond donors (Lipinski definition) is 1. The molecule has 0 spiro atoms. The number of nitrogens with zero attached hydrogens (tertiary/aromatic N) is 1. The summed E-state index contributed by atoms with van der Waals surface area (Å²) < 4.78 is 41.7. The number of carboxylic acids is 1. The number of carbonyl (C=O) groups is 1. The maximum absolute atomic E-state index is 13.0. The van der Waals surface area contributed by atoms with Crippen LogP contribution in [0.15, 0.2) is 18.2 Å². The predicted molar refractivity (Wildman–Crippen MR) is 46.3 cm³/mol. The molecule has 0 atom stereocenters. The highest BCUT2D eigenvalue weighted by Crippen LogP contribution is 2.27. The molecule has 1 aromatic carbocycles. The van der Waals surface area contributed by atoms with Gasteiger partial charge in [-0.15, -0.1) is 0 Å². The Kier molecular flexibility index (Phi) is 3.21. The van der Waals surface area contributed by atoms with E-state index in [0.717, 1.165) is 0 Å². The molecule has 0 fully saturated rings. The average molecular weight is 251 g/mol. The topological polar surface area (TPSA) is 89.7 Å². The van der Waals surface area contributed by atoms with Gasteiger partial charge in [0.15, 0.2) is 11.6 Å². The van der Waals surface area contributed by atoms with Crippen molar-refractivity contribution in [1.29, 1.82) is 0 Å². The van der Waals surface area contributed by atoms with Gasteiger partial charge in [0.05, 0.1) is 11.0 Å². The monoisotopic (exact) mass is 251 g/mol. The fraction of sp³-hybridized carbons (Fsp3) is 0.125. The van der Waals surface area contributed by atoms with Gasteiger partial charge >= 0.3 is 12.1 Å². The lowest BCUT2D eigenvalue weighted by molar-refractivity contribution is -0.385. The SMILES string of the molecule is O=C(O)C(F)(F)Oc1ccc([N+](=O)[O-])cc1F. The van der Waals surface area contributed by atoms with E-state index < -0.39 is 34.3 Å². The van der Waals surface area contributed by atoms with Crippen molar-refractivity contribution in [3.8, 4) is 5.75 Å². The van der Waals surface area contributed by atoms with Crippen molar-refractivity contribution >= 4 is 11.7 Å². The van der Waals surface area contributed by atoms with Crippen LogP contribution in [-0.2, 0) is 4.79 Å². The summed E-state index contributed by atoms with van der Waals surface area (Å²) in [4.78, 5) is 19.3. The third-order valence-electron chi connectivity index (χ3n) is 1.61. The van der Waals surface area contributed by atoms with Crippen molar-refractivity contribution in [2.45, 2.75) is 6.11 Å². The summed E-state index contributed by atoms with van der Waals surface area (Å²) in [6.07, 6.45) is -4.61. The number of nitro benzene ring substituents is 1. The Hall–Kier alpha value is -2.32. The van der Waals surface area contributed by atoms with Crippen LogP contribution in [0, 0.1) is 15.9 Å². The summed E-state index contributed by atoms with van der Waals surface area (Å²) in [5.74, 6) is -5.15. The van der Waals surface area contributed by atoms with Gasteiger partial charge in [0.2, 0.25) is 0 Å². The Labute approximate surface area is 91.4 Å². The molecule has 0 bridgehead atoms. The summed E-state index contributed by atoms with van der Waals surface area (Å²) in [7, 11) is 0. The summed E-state index contributed by atoms with van der Waals surface area (Å²) in [5, 5.41) is 18.2. The lowest BCUT2D eigenvalue weighted by Gasteiger charge is -2.13. The number of ether oxygens (including phenoxy) is 1. The van der Waals surface area contributed by atoms with E-state index >= 15 is 0 Å². The first-order valence-corrected chi connectivity index (χ1v) is 3.98. The molecule has 0 aliphatic heterocycles. The molecule has 0 unspecified atom stereocenters. The molecule has 0 amide bonds. The molecule has 0 aliphatic carbocycles. The highest BCUT2D eigenvalue weighted by molar-refractivity contribution is 5.73. The number of non-ortho nitro benzene ring substituents is 1. The Morgan fingerprint density at radius 3 is 2.47 bits per heavy atom. The lowest BCUT2D eigenvalue weighted by Crippen LogP contribution is -2.35. The molecule has 17 heavy (non-hydrogen) atoms. The van der Waals surface area contributed by atoms with Gasteiger partial charge in [-0.25, -0.2) is 9.18 Å². The van der Waals surface area contributed by atoms with Crippen LogP contribution in [0.3, 0.4) is 0 Å². The lowest BCUT2D eigenvalue weighted by atomic mass is 10.3. The molecule has 92 valence electrons. The Bertz CT molecular complexity index is 476. The maximum Gasteiger partial charge on any atom is 0.502 e. The van der Waals surface area contributed by atoms with E-state index in [1.54, 1.807) is 0 Å². The van der Waals surface area contributed by atoms with E-state index in [0.29, 0.717) is 18.2 Å². The van der Waals surface area contributed by atoms with E-state index in [1.807, 2.05) is 0 Å². The van der Waals surface area contributed by atoms with E-state index in [1.165, 1.54) is 0 Å². The molecule has 9 heteroatoms. The zero-order chi connectivity index (χ0) is 13.2. The standard InChI is InChI=1S/C8H4F3NO5/c9-5-3-4(12(15)16)1-2-6(5)17-8(10,11)7(13)14/h1-3H,(H,13,14). The summed E-state index contributed by atoms with van der Waals surface area (Å²) in [5.41, 5.74) is -0.673. The van der Waals surface area contributed by atoms with E-state index in [-0.39, 0.29) is 0 Å². The van der Waals surface area contributed by atoms with Crippen molar-refractivity contribution in [2.24, 2.45) is 0 Å². The van der Waals surface area contributed by atoms with Crippen LogP contribution < -0.4 is 4.74 Å². The average Bonchev–Trinajstić information content (AvgIpc) is 2.20. The molecular weight excluding hydrogens is 247 g/mol. The highest BCUT2D eigenvalue weighted by Gasteiger charge is 2.43. The fourth-order valence-electron chi connectivity index (χ4n) is 0.868. The molecule has 0 saturated heterocycles. The molecular formula is C8H4F3NO5. The second-order valence-electron chi connectivity index (χ2n) is 2.80. The van der Waals surface area contributed by atoms with Gasteiger partial charge in [-0.2, -0.15) is 8.78 Å². The van der Waals surface area contributed by atoms with Crippen LogP contribution >= 0.6 is 0 Å². The number of aliphatic carboxylic acids is 1. The highest BCUT2D eigenvalue weighted by atomic mass is 19.3. The summed E-state index contributed by atoms with van der Waals surface area (Å²) in [6, 6.07) is 1.59. The van der Waals surface area contributed by atoms with Gasteiger partial charge in [0, 0.05) is 6.07 Å². The second-order valence-corrected chi connectivity index (χ2v) is 2.80. The minimum atomic E-state index is -4.61. The van der Waals surface area contributed by atoms with Gasteiger partial charge in [0.1, 0.15) is 0 Å². The number of hydrogen-bond acceptors (Lipinski definition) is 4. The van der Waals surface area contributed by atoms with E-state index in [9.17, 15) is 28.1 Å². The van der Waals surface area contributed by atoms with Crippen LogP contribution in [0.4, 0.5) is 18.9 Å². The second kappa shape index (κ2) is 4.28.